The molecule has 1 fully saturated rings. The molecule has 3 aromatic rings. The molecule has 1 unspecified atom stereocenters. The molecule has 31 heavy (non-hydrogen) atoms. The largest absolute Gasteiger partial charge is 0.329 e. The van der Waals surface area contributed by atoms with Crippen LogP contribution in [0.5, 0.6) is 0 Å². The summed E-state index contributed by atoms with van der Waals surface area (Å²) in [6.45, 7) is 4.79. The van der Waals surface area contributed by atoms with E-state index in [1.165, 1.54) is 36.1 Å². The molecule has 1 aliphatic rings. The number of likely N-dealkylation sites (tertiary alicyclic amines) is 1. The smallest absolute Gasteiger partial charge is 0.0991 e. The maximum absolute atomic E-state index is 8.98. The number of nitrogens with zero attached hydrogens (tertiary/aromatic N) is 4. The van der Waals surface area contributed by atoms with E-state index >= 15 is 0 Å². The fourth-order valence-corrected chi connectivity index (χ4v) is 4.64. The zero-order valence-electron chi connectivity index (χ0n) is 17.7. The average Bonchev–Trinajstić information content (AvgIpc) is 3.09. The number of aromatic nitrogens is 2. The molecule has 0 amide bonds. The second-order valence-electron chi connectivity index (χ2n) is 8.26. The van der Waals surface area contributed by atoms with Gasteiger partial charge in [0.25, 0.3) is 0 Å². The van der Waals surface area contributed by atoms with Gasteiger partial charge in [0, 0.05) is 42.9 Å². The molecule has 1 aromatic heterocycles. The van der Waals surface area contributed by atoms with Gasteiger partial charge in [0.05, 0.1) is 23.7 Å². The van der Waals surface area contributed by atoms with Crippen LogP contribution in [0, 0.1) is 11.3 Å². The number of imidazole rings is 1. The highest BCUT2D eigenvalue weighted by Gasteiger charge is 2.18. The van der Waals surface area contributed by atoms with Crippen molar-refractivity contribution in [2.24, 2.45) is 0 Å². The van der Waals surface area contributed by atoms with Crippen LogP contribution in [0.15, 0.2) is 65.5 Å². The summed E-state index contributed by atoms with van der Waals surface area (Å²) >= 11 is 3.59. The average molecular weight is 478 g/mol. The van der Waals surface area contributed by atoms with Gasteiger partial charge in [-0.05, 0) is 54.8 Å². The summed E-state index contributed by atoms with van der Waals surface area (Å²) < 4.78 is 3.33. The molecule has 2 aromatic carbocycles. The lowest BCUT2D eigenvalue weighted by Crippen LogP contribution is -2.39. The van der Waals surface area contributed by atoms with Crippen LogP contribution in [-0.4, -0.2) is 33.6 Å². The third kappa shape index (κ3) is 6.27. The van der Waals surface area contributed by atoms with E-state index in [0.29, 0.717) is 11.6 Å². The number of rotatable bonds is 7. The molecule has 1 N–H and O–H groups in total. The first kappa shape index (κ1) is 21.8. The quantitative estimate of drug-likeness (QED) is 0.535. The van der Waals surface area contributed by atoms with Crippen LogP contribution < -0.4 is 5.32 Å². The Balaban J connectivity index is 1.34. The summed E-state index contributed by atoms with van der Waals surface area (Å²) in [5.74, 6) is 0. The number of hydrogen-bond donors (Lipinski definition) is 1. The van der Waals surface area contributed by atoms with E-state index < -0.39 is 0 Å². The molecule has 1 aliphatic heterocycles. The third-order valence-corrected chi connectivity index (χ3v) is 6.35. The topological polar surface area (TPSA) is 56.9 Å². The van der Waals surface area contributed by atoms with E-state index in [4.69, 9.17) is 5.26 Å². The number of hydrogen-bond acceptors (Lipinski definition) is 4. The third-order valence-electron chi connectivity index (χ3n) is 5.86. The Morgan fingerprint density at radius 2 is 1.97 bits per heavy atom. The summed E-state index contributed by atoms with van der Waals surface area (Å²) in [6.07, 6.45) is 7.56. The Morgan fingerprint density at radius 1 is 1.10 bits per heavy atom. The number of halogens is 1. The van der Waals surface area contributed by atoms with Crippen molar-refractivity contribution in [1.82, 2.24) is 19.8 Å². The zero-order chi connectivity index (χ0) is 21.5. The van der Waals surface area contributed by atoms with Crippen molar-refractivity contribution in [1.29, 1.82) is 5.26 Å². The van der Waals surface area contributed by atoms with Gasteiger partial charge in [-0.1, -0.05) is 46.6 Å². The second-order valence-corrected chi connectivity index (χ2v) is 9.18. The Morgan fingerprint density at radius 3 is 2.77 bits per heavy atom. The second kappa shape index (κ2) is 10.7. The highest BCUT2D eigenvalue weighted by Crippen LogP contribution is 2.17. The predicted molar refractivity (Wildman–Crippen MR) is 126 cm³/mol. The van der Waals surface area contributed by atoms with Crippen molar-refractivity contribution in [3.8, 4) is 6.07 Å². The molecule has 0 radical (unpaired) electrons. The lowest BCUT2D eigenvalue weighted by Gasteiger charge is -2.25. The van der Waals surface area contributed by atoms with Gasteiger partial charge in [-0.15, -0.1) is 0 Å². The Labute approximate surface area is 192 Å². The summed E-state index contributed by atoms with van der Waals surface area (Å²) in [5.41, 5.74) is 4.41. The molecule has 0 bridgehead atoms. The van der Waals surface area contributed by atoms with E-state index in [0.717, 1.165) is 37.2 Å². The fourth-order valence-electron chi connectivity index (χ4n) is 4.19. The van der Waals surface area contributed by atoms with E-state index in [-0.39, 0.29) is 0 Å². The molecule has 1 saturated heterocycles. The fraction of sp³-hybridized carbons (Fsp3) is 0.360. The molecule has 1 atom stereocenters. The van der Waals surface area contributed by atoms with E-state index in [1.54, 1.807) is 0 Å². The Kier molecular flexibility index (Phi) is 7.52. The van der Waals surface area contributed by atoms with Gasteiger partial charge in [0.15, 0.2) is 0 Å². The number of nitriles is 1. The minimum atomic E-state index is 0.480. The van der Waals surface area contributed by atoms with Crippen molar-refractivity contribution in [3.63, 3.8) is 0 Å². The van der Waals surface area contributed by atoms with Gasteiger partial charge in [0.2, 0.25) is 0 Å². The van der Waals surface area contributed by atoms with Crippen LogP contribution in [0.25, 0.3) is 0 Å². The van der Waals surface area contributed by atoms with Gasteiger partial charge in [-0.3, -0.25) is 4.90 Å². The highest BCUT2D eigenvalue weighted by atomic mass is 79.9. The van der Waals surface area contributed by atoms with Crippen molar-refractivity contribution >= 4 is 15.9 Å². The summed E-state index contributed by atoms with van der Waals surface area (Å²) in [5, 5.41) is 12.8. The van der Waals surface area contributed by atoms with Crippen molar-refractivity contribution in [2.75, 3.05) is 13.1 Å². The van der Waals surface area contributed by atoms with Crippen molar-refractivity contribution < 1.29 is 0 Å². The van der Waals surface area contributed by atoms with Crippen LogP contribution in [-0.2, 0) is 19.6 Å². The zero-order valence-corrected chi connectivity index (χ0v) is 19.3. The Bertz CT molecular complexity index is 1020. The molecule has 4 rings (SSSR count). The van der Waals surface area contributed by atoms with Gasteiger partial charge < -0.3 is 9.88 Å². The summed E-state index contributed by atoms with van der Waals surface area (Å²) in [6, 6.07) is 19.0. The van der Waals surface area contributed by atoms with Crippen LogP contribution in [0.1, 0.15) is 41.6 Å². The van der Waals surface area contributed by atoms with E-state index in [1.807, 2.05) is 36.8 Å². The Hall–Kier alpha value is -2.46. The molecule has 5 nitrogen and oxygen atoms in total. The van der Waals surface area contributed by atoms with Crippen LogP contribution in [0.2, 0.25) is 0 Å². The molecule has 160 valence electrons. The first-order valence-electron chi connectivity index (χ1n) is 10.9. The van der Waals surface area contributed by atoms with Gasteiger partial charge >= 0.3 is 0 Å². The van der Waals surface area contributed by atoms with Crippen molar-refractivity contribution in [3.05, 3.63) is 87.9 Å². The first-order chi connectivity index (χ1) is 15.2. The van der Waals surface area contributed by atoms with Crippen LogP contribution >= 0.6 is 15.9 Å². The van der Waals surface area contributed by atoms with E-state index in [9.17, 15) is 0 Å². The van der Waals surface area contributed by atoms with E-state index in [2.05, 4.69) is 66.0 Å². The molecule has 0 saturated carbocycles. The molecule has 6 heteroatoms. The SMILES string of the molecule is N#Cc1ccc(Cn2cncc2CNC2CCCCN(Cc3cccc(Br)c3)C2)cc1. The monoisotopic (exact) mass is 477 g/mol. The molecule has 0 aliphatic carbocycles. The normalized spacial score (nSPS) is 17.2. The van der Waals surface area contributed by atoms with Gasteiger partial charge in [-0.25, -0.2) is 4.98 Å². The summed E-state index contributed by atoms with van der Waals surface area (Å²) in [7, 11) is 0. The van der Waals surface area contributed by atoms with Crippen LogP contribution in [0.4, 0.5) is 0 Å². The number of nitrogens with one attached hydrogen (secondary N) is 1. The summed E-state index contributed by atoms with van der Waals surface area (Å²) in [4.78, 5) is 6.94. The van der Waals surface area contributed by atoms with Crippen LogP contribution in [0.3, 0.4) is 0 Å². The standard InChI is InChI=1S/C25H28BrN5/c26-23-5-3-4-22(12-23)16-30-11-2-1-6-24(18-30)29-15-25-14-28-19-31(25)17-21-9-7-20(13-27)8-10-21/h3-5,7-10,12,14,19,24,29H,1-2,6,11,15-18H2. The minimum absolute atomic E-state index is 0.480. The number of benzene rings is 2. The highest BCUT2D eigenvalue weighted by molar-refractivity contribution is 9.10. The molecular formula is C25H28BrN5. The van der Waals surface area contributed by atoms with Gasteiger partial charge in [-0.2, -0.15) is 5.26 Å². The maximum atomic E-state index is 8.98. The van der Waals surface area contributed by atoms with Gasteiger partial charge in [0.1, 0.15) is 0 Å². The molecular weight excluding hydrogens is 450 g/mol. The maximum Gasteiger partial charge on any atom is 0.0991 e. The first-order valence-corrected chi connectivity index (χ1v) is 11.7. The lowest BCUT2D eigenvalue weighted by atomic mass is 10.1. The predicted octanol–water partition coefficient (Wildman–Crippen LogP) is 4.71. The minimum Gasteiger partial charge on any atom is -0.329 e. The lowest BCUT2D eigenvalue weighted by molar-refractivity contribution is 0.249. The molecule has 0 spiro atoms. The molecule has 2 heterocycles. The van der Waals surface area contributed by atoms with Crippen molar-refractivity contribution in [2.45, 2.75) is 44.9 Å².